The van der Waals surface area contributed by atoms with E-state index in [2.05, 4.69) is 26.2 Å². The molecule has 28 heavy (non-hydrogen) atoms. The fraction of sp³-hybridized carbons (Fsp3) is 0.227. The standard InChI is InChI=1S/C22H21BrN2O3/c1-13-17-6-4-5-7-19(17)24-14(2)18(13)12-20(26)25-21(22(27)28-3)15-8-10-16(23)11-9-15/h4-11,21H,12H2,1-3H3,(H,25,26). The number of para-hydroxylation sites is 1. The average Bonchev–Trinajstić information content (AvgIpc) is 2.69. The zero-order valence-corrected chi connectivity index (χ0v) is 17.5. The number of hydrogen-bond acceptors (Lipinski definition) is 4. The smallest absolute Gasteiger partial charge is 0.333 e. The quantitative estimate of drug-likeness (QED) is 0.603. The zero-order valence-electron chi connectivity index (χ0n) is 16.0. The van der Waals surface area contributed by atoms with Crippen LogP contribution in [0.25, 0.3) is 10.9 Å². The molecule has 0 radical (unpaired) electrons. The number of hydrogen-bond donors (Lipinski definition) is 1. The predicted octanol–water partition coefficient (Wildman–Crippen LogP) is 4.19. The van der Waals surface area contributed by atoms with Gasteiger partial charge in [0.15, 0.2) is 6.04 Å². The van der Waals surface area contributed by atoms with Gasteiger partial charge in [0.05, 0.1) is 19.0 Å². The molecule has 5 nitrogen and oxygen atoms in total. The summed E-state index contributed by atoms with van der Waals surface area (Å²) in [6.07, 6.45) is 0.138. The second-order valence-electron chi connectivity index (χ2n) is 6.57. The first-order chi connectivity index (χ1) is 13.4. The molecular formula is C22H21BrN2O3. The Hall–Kier alpha value is -2.73. The molecule has 3 aromatic rings. The molecule has 1 unspecified atom stereocenters. The third-order valence-electron chi connectivity index (χ3n) is 4.77. The van der Waals surface area contributed by atoms with Crippen molar-refractivity contribution >= 4 is 38.7 Å². The summed E-state index contributed by atoms with van der Waals surface area (Å²) < 4.78 is 5.76. The van der Waals surface area contributed by atoms with Crippen LogP contribution in [0.2, 0.25) is 0 Å². The SMILES string of the molecule is COC(=O)C(NC(=O)Cc1c(C)nc2ccccc2c1C)c1ccc(Br)cc1. The molecule has 0 saturated heterocycles. The maximum absolute atomic E-state index is 12.8. The maximum atomic E-state index is 12.8. The molecular weight excluding hydrogens is 420 g/mol. The molecule has 0 fully saturated rings. The number of nitrogens with zero attached hydrogens (tertiary/aromatic N) is 1. The van der Waals surface area contributed by atoms with E-state index in [9.17, 15) is 9.59 Å². The summed E-state index contributed by atoms with van der Waals surface area (Å²) in [5, 5.41) is 3.82. The van der Waals surface area contributed by atoms with Gasteiger partial charge in [0, 0.05) is 15.6 Å². The fourth-order valence-electron chi connectivity index (χ4n) is 3.25. The van der Waals surface area contributed by atoms with E-state index in [1.54, 1.807) is 12.1 Å². The molecule has 0 bridgehead atoms. The van der Waals surface area contributed by atoms with Crippen molar-refractivity contribution in [3.63, 3.8) is 0 Å². The maximum Gasteiger partial charge on any atom is 0.333 e. The molecule has 6 heteroatoms. The van der Waals surface area contributed by atoms with Crippen LogP contribution >= 0.6 is 15.9 Å². The molecule has 1 amide bonds. The summed E-state index contributed by atoms with van der Waals surface area (Å²) >= 11 is 3.37. The van der Waals surface area contributed by atoms with E-state index < -0.39 is 12.0 Å². The zero-order chi connectivity index (χ0) is 20.3. The lowest BCUT2D eigenvalue weighted by molar-refractivity contribution is -0.145. The number of ether oxygens (including phenoxy) is 1. The van der Waals surface area contributed by atoms with E-state index in [1.165, 1.54) is 7.11 Å². The summed E-state index contributed by atoms with van der Waals surface area (Å²) in [5.74, 6) is -0.776. The summed E-state index contributed by atoms with van der Waals surface area (Å²) in [4.78, 5) is 29.6. The molecule has 1 N–H and O–H groups in total. The van der Waals surface area contributed by atoms with E-state index in [0.29, 0.717) is 5.56 Å². The molecule has 0 spiro atoms. The Labute approximate surface area is 172 Å². The van der Waals surface area contributed by atoms with Gasteiger partial charge in [-0.25, -0.2) is 4.79 Å². The number of rotatable bonds is 5. The van der Waals surface area contributed by atoms with Crippen LogP contribution in [0.5, 0.6) is 0 Å². The van der Waals surface area contributed by atoms with Gasteiger partial charge in [-0.3, -0.25) is 9.78 Å². The Balaban J connectivity index is 1.86. The van der Waals surface area contributed by atoms with Crippen LogP contribution in [0, 0.1) is 13.8 Å². The predicted molar refractivity (Wildman–Crippen MR) is 112 cm³/mol. The minimum absolute atomic E-state index is 0.138. The van der Waals surface area contributed by atoms with Crippen molar-refractivity contribution in [1.29, 1.82) is 0 Å². The lowest BCUT2D eigenvalue weighted by Crippen LogP contribution is -2.35. The normalized spacial score (nSPS) is 11.9. The van der Waals surface area contributed by atoms with Crippen LogP contribution in [0.3, 0.4) is 0 Å². The molecule has 144 valence electrons. The van der Waals surface area contributed by atoms with Crippen LogP contribution < -0.4 is 5.32 Å². The summed E-state index contributed by atoms with van der Waals surface area (Å²) in [6.45, 7) is 3.89. The molecule has 0 aliphatic heterocycles. The Morgan fingerprint density at radius 3 is 2.46 bits per heavy atom. The number of carbonyl (C=O) groups excluding carboxylic acids is 2. The third kappa shape index (κ3) is 4.22. The molecule has 1 heterocycles. The average molecular weight is 441 g/mol. The number of fused-ring (bicyclic) bond motifs is 1. The van der Waals surface area contributed by atoms with Crippen molar-refractivity contribution in [1.82, 2.24) is 10.3 Å². The number of amides is 1. The van der Waals surface area contributed by atoms with E-state index in [0.717, 1.165) is 32.2 Å². The summed E-state index contributed by atoms with van der Waals surface area (Å²) in [6, 6.07) is 14.2. The lowest BCUT2D eigenvalue weighted by atomic mass is 9.99. The van der Waals surface area contributed by atoms with E-state index in [-0.39, 0.29) is 12.3 Å². The molecule has 2 aromatic carbocycles. The highest BCUT2D eigenvalue weighted by Crippen LogP contribution is 2.24. The molecule has 0 aliphatic carbocycles. The van der Waals surface area contributed by atoms with Crippen LogP contribution in [0.15, 0.2) is 53.0 Å². The highest BCUT2D eigenvalue weighted by molar-refractivity contribution is 9.10. The van der Waals surface area contributed by atoms with Gasteiger partial charge in [0.1, 0.15) is 0 Å². The fourth-order valence-corrected chi connectivity index (χ4v) is 3.52. The van der Waals surface area contributed by atoms with Crippen molar-refractivity contribution in [3.05, 3.63) is 75.4 Å². The number of methoxy groups -OCH3 is 1. The number of benzene rings is 2. The Morgan fingerprint density at radius 1 is 1.11 bits per heavy atom. The molecule has 1 atom stereocenters. The van der Waals surface area contributed by atoms with Crippen LogP contribution in [-0.2, 0) is 20.7 Å². The number of aryl methyl sites for hydroxylation is 2. The number of esters is 1. The van der Waals surface area contributed by atoms with Gasteiger partial charge in [0.25, 0.3) is 0 Å². The molecule has 3 rings (SSSR count). The van der Waals surface area contributed by atoms with E-state index in [4.69, 9.17) is 4.74 Å². The first-order valence-corrected chi connectivity index (χ1v) is 9.67. The molecule has 0 aliphatic rings. The summed E-state index contributed by atoms with van der Waals surface area (Å²) in [7, 11) is 1.31. The minimum Gasteiger partial charge on any atom is -0.467 e. The van der Waals surface area contributed by atoms with Crippen LogP contribution in [0.1, 0.15) is 28.4 Å². The van der Waals surface area contributed by atoms with Crippen molar-refractivity contribution < 1.29 is 14.3 Å². The van der Waals surface area contributed by atoms with Crippen molar-refractivity contribution in [3.8, 4) is 0 Å². The van der Waals surface area contributed by atoms with Crippen molar-refractivity contribution in [2.24, 2.45) is 0 Å². The van der Waals surface area contributed by atoms with Gasteiger partial charge in [-0.15, -0.1) is 0 Å². The number of carbonyl (C=O) groups is 2. The van der Waals surface area contributed by atoms with E-state index >= 15 is 0 Å². The number of pyridine rings is 1. The van der Waals surface area contributed by atoms with Crippen molar-refractivity contribution in [2.75, 3.05) is 7.11 Å². The number of nitrogens with one attached hydrogen (secondary N) is 1. The number of halogens is 1. The Morgan fingerprint density at radius 2 is 1.79 bits per heavy atom. The Kier molecular flexibility index (Phi) is 6.09. The first kappa shape index (κ1) is 20.0. The van der Waals surface area contributed by atoms with Gasteiger partial charge >= 0.3 is 5.97 Å². The second-order valence-corrected chi connectivity index (χ2v) is 7.49. The largest absolute Gasteiger partial charge is 0.467 e. The van der Waals surface area contributed by atoms with Crippen LogP contribution in [-0.4, -0.2) is 24.0 Å². The van der Waals surface area contributed by atoms with E-state index in [1.807, 2.05) is 50.2 Å². The highest BCUT2D eigenvalue weighted by atomic mass is 79.9. The number of aromatic nitrogens is 1. The second kappa shape index (κ2) is 8.52. The highest BCUT2D eigenvalue weighted by Gasteiger charge is 2.24. The minimum atomic E-state index is -0.861. The van der Waals surface area contributed by atoms with Gasteiger partial charge in [0.2, 0.25) is 5.91 Å². The molecule has 0 saturated carbocycles. The van der Waals surface area contributed by atoms with Gasteiger partial charge in [-0.1, -0.05) is 46.3 Å². The lowest BCUT2D eigenvalue weighted by Gasteiger charge is -2.18. The first-order valence-electron chi connectivity index (χ1n) is 8.88. The van der Waals surface area contributed by atoms with Crippen LogP contribution in [0.4, 0.5) is 0 Å². The van der Waals surface area contributed by atoms with Gasteiger partial charge < -0.3 is 10.1 Å². The van der Waals surface area contributed by atoms with Gasteiger partial charge in [-0.05, 0) is 48.7 Å². The Bertz CT molecular complexity index is 1030. The topological polar surface area (TPSA) is 68.3 Å². The van der Waals surface area contributed by atoms with Gasteiger partial charge in [-0.2, -0.15) is 0 Å². The molecule has 1 aromatic heterocycles. The summed E-state index contributed by atoms with van der Waals surface area (Å²) in [5.41, 5.74) is 4.27. The monoisotopic (exact) mass is 440 g/mol. The third-order valence-corrected chi connectivity index (χ3v) is 5.30. The van der Waals surface area contributed by atoms with Crippen molar-refractivity contribution in [2.45, 2.75) is 26.3 Å².